The second-order valence-corrected chi connectivity index (χ2v) is 8.80. The lowest BCUT2D eigenvalue weighted by Gasteiger charge is -2.38. The Bertz CT molecular complexity index is 1180. The van der Waals surface area contributed by atoms with E-state index in [0.717, 1.165) is 16.8 Å². The van der Waals surface area contributed by atoms with E-state index < -0.39 is 6.23 Å². The molecule has 2 aliphatic rings. The van der Waals surface area contributed by atoms with Crippen molar-refractivity contribution in [3.05, 3.63) is 91.4 Å². The standard InChI is InChI=1S/C22H14Cl4N2O2/c23-12-6-14-19-10-18(11-4-2-1-3-5-11)27-28(19)22(30-21(14)17(26)9-12)15-7-13(24)8-16(25)20(15)29/h1-9,19,22,29H,10H2/t19-,22+/m1/s1. The summed E-state index contributed by atoms with van der Waals surface area (Å²) in [5.74, 6) is 0.397. The average molecular weight is 480 g/mol. The predicted molar refractivity (Wildman–Crippen MR) is 120 cm³/mol. The summed E-state index contributed by atoms with van der Waals surface area (Å²) in [6, 6.07) is 16.3. The molecule has 0 spiro atoms. The summed E-state index contributed by atoms with van der Waals surface area (Å²) in [7, 11) is 0. The van der Waals surface area contributed by atoms with E-state index in [1.165, 1.54) is 6.07 Å². The Morgan fingerprint density at radius 1 is 0.900 bits per heavy atom. The smallest absolute Gasteiger partial charge is 0.217 e. The molecular weight excluding hydrogens is 466 g/mol. The topological polar surface area (TPSA) is 45.1 Å². The van der Waals surface area contributed by atoms with Gasteiger partial charge < -0.3 is 9.84 Å². The summed E-state index contributed by atoms with van der Waals surface area (Å²) in [6.07, 6.45) is -0.138. The van der Waals surface area contributed by atoms with Gasteiger partial charge in [0, 0.05) is 22.0 Å². The Kier molecular flexibility index (Phi) is 4.98. The number of hydrazone groups is 1. The first-order chi connectivity index (χ1) is 14.4. The van der Waals surface area contributed by atoms with Crippen LogP contribution in [0.15, 0.2) is 59.7 Å². The summed E-state index contributed by atoms with van der Waals surface area (Å²) < 4.78 is 6.24. The number of halogens is 4. The molecule has 0 aromatic heterocycles. The van der Waals surface area contributed by atoms with Crippen molar-refractivity contribution in [1.82, 2.24) is 5.01 Å². The maximum atomic E-state index is 10.6. The van der Waals surface area contributed by atoms with Crippen LogP contribution in [-0.4, -0.2) is 15.8 Å². The number of aromatic hydroxyl groups is 1. The molecule has 3 aromatic rings. The summed E-state index contributed by atoms with van der Waals surface area (Å²) >= 11 is 25.1. The normalized spacial score (nSPS) is 19.7. The molecule has 0 unspecified atom stereocenters. The SMILES string of the molecule is Oc1c(Cl)cc(Cl)cc1[C@@H]1Oc2c(Cl)cc(Cl)cc2[C@H]2CC(c3ccccc3)=NN21. The Hall–Kier alpha value is -2.11. The van der Waals surface area contributed by atoms with Crippen molar-refractivity contribution in [2.75, 3.05) is 0 Å². The maximum Gasteiger partial charge on any atom is 0.217 e. The molecule has 3 aromatic carbocycles. The molecule has 2 atom stereocenters. The van der Waals surface area contributed by atoms with Gasteiger partial charge >= 0.3 is 0 Å². The van der Waals surface area contributed by atoms with E-state index in [0.29, 0.717) is 32.8 Å². The van der Waals surface area contributed by atoms with Gasteiger partial charge in [-0.3, -0.25) is 0 Å². The first-order valence-corrected chi connectivity index (χ1v) is 10.7. The predicted octanol–water partition coefficient (Wildman–Crippen LogP) is 7.25. The Balaban J connectivity index is 1.68. The molecule has 2 aliphatic heterocycles. The molecular formula is C22H14Cl4N2O2. The Morgan fingerprint density at radius 2 is 1.57 bits per heavy atom. The van der Waals surface area contributed by atoms with Gasteiger partial charge in [0.1, 0.15) is 11.5 Å². The van der Waals surface area contributed by atoms with E-state index in [2.05, 4.69) is 0 Å². The fourth-order valence-electron chi connectivity index (χ4n) is 3.90. The second-order valence-electron chi connectivity index (χ2n) is 7.11. The minimum Gasteiger partial charge on any atom is -0.506 e. The number of fused-ring (bicyclic) bond motifs is 3. The molecule has 0 radical (unpaired) electrons. The highest BCUT2D eigenvalue weighted by molar-refractivity contribution is 6.36. The third-order valence-electron chi connectivity index (χ3n) is 5.24. The molecule has 0 bridgehead atoms. The number of ether oxygens (including phenoxy) is 1. The third kappa shape index (κ3) is 3.28. The van der Waals surface area contributed by atoms with Crippen molar-refractivity contribution in [2.45, 2.75) is 18.7 Å². The van der Waals surface area contributed by atoms with Crippen molar-refractivity contribution in [1.29, 1.82) is 0 Å². The van der Waals surface area contributed by atoms with Crippen LogP contribution in [0.5, 0.6) is 11.5 Å². The van der Waals surface area contributed by atoms with Gasteiger partial charge in [0.15, 0.2) is 0 Å². The van der Waals surface area contributed by atoms with Crippen LogP contribution in [-0.2, 0) is 0 Å². The summed E-state index contributed by atoms with van der Waals surface area (Å²) in [4.78, 5) is 0. The van der Waals surface area contributed by atoms with Crippen LogP contribution in [0.25, 0.3) is 0 Å². The first kappa shape index (κ1) is 19.8. The fraction of sp³-hybridized carbons (Fsp3) is 0.136. The second kappa shape index (κ2) is 7.54. The summed E-state index contributed by atoms with van der Waals surface area (Å²) in [6.45, 7) is 0. The minimum absolute atomic E-state index is 0.110. The van der Waals surface area contributed by atoms with E-state index >= 15 is 0 Å². The van der Waals surface area contributed by atoms with Crippen LogP contribution >= 0.6 is 46.4 Å². The first-order valence-electron chi connectivity index (χ1n) is 9.17. The molecule has 5 rings (SSSR count). The number of phenols is 1. The largest absolute Gasteiger partial charge is 0.506 e. The quantitative estimate of drug-likeness (QED) is 0.421. The van der Waals surface area contributed by atoms with Crippen LogP contribution in [0.1, 0.15) is 35.4 Å². The van der Waals surface area contributed by atoms with E-state index in [9.17, 15) is 5.11 Å². The molecule has 30 heavy (non-hydrogen) atoms. The molecule has 2 heterocycles. The molecule has 0 saturated carbocycles. The average Bonchev–Trinajstić information content (AvgIpc) is 3.17. The molecule has 4 nitrogen and oxygen atoms in total. The van der Waals surface area contributed by atoms with Crippen LogP contribution in [0, 0.1) is 0 Å². The van der Waals surface area contributed by atoms with E-state index in [4.69, 9.17) is 56.2 Å². The van der Waals surface area contributed by atoms with Gasteiger partial charge in [0.2, 0.25) is 6.23 Å². The highest BCUT2D eigenvalue weighted by atomic mass is 35.5. The zero-order valence-corrected chi connectivity index (χ0v) is 18.3. The van der Waals surface area contributed by atoms with Gasteiger partial charge in [-0.2, -0.15) is 5.10 Å². The lowest BCUT2D eigenvalue weighted by Crippen LogP contribution is -2.34. The molecule has 152 valence electrons. The van der Waals surface area contributed by atoms with Gasteiger partial charge in [0.25, 0.3) is 0 Å². The minimum atomic E-state index is -0.765. The number of nitrogens with zero attached hydrogens (tertiary/aromatic N) is 2. The van der Waals surface area contributed by atoms with Gasteiger partial charge in [-0.1, -0.05) is 76.7 Å². The highest BCUT2D eigenvalue weighted by Gasteiger charge is 2.43. The monoisotopic (exact) mass is 478 g/mol. The van der Waals surface area contributed by atoms with Crippen LogP contribution in [0.3, 0.4) is 0 Å². The molecule has 8 heteroatoms. The number of hydrogen-bond donors (Lipinski definition) is 1. The van der Waals surface area contributed by atoms with Gasteiger partial charge in [-0.05, 0) is 29.8 Å². The number of hydrogen-bond acceptors (Lipinski definition) is 4. The zero-order valence-electron chi connectivity index (χ0n) is 15.3. The van der Waals surface area contributed by atoms with E-state index in [1.807, 2.05) is 36.4 Å². The third-order valence-corrected chi connectivity index (χ3v) is 6.24. The van der Waals surface area contributed by atoms with Crippen molar-refractivity contribution < 1.29 is 9.84 Å². The molecule has 0 aliphatic carbocycles. The lowest BCUT2D eigenvalue weighted by molar-refractivity contribution is -0.0202. The van der Waals surface area contributed by atoms with E-state index in [1.54, 1.807) is 17.1 Å². The van der Waals surface area contributed by atoms with Crippen molar-refractivity contribution >= 4 is 52.1 Å². The maximum absolute atomic E-state index is 10.6. The van der Waals surface area contributed by atoms with Gasteiger partial charge in [-0.15, -0.1) is 0 Å². The summed E-state index contributed by atoms with van der Waals surface area (Å²) in [5.41, 5.74) is 3.15. The number of phenolic OH excluding ortho intramolecular Hbond substituents is 1. The highest BCUT2D eigenvalue weighted by Crippen LogP contribution is 2.52. The van der Waals surface area contributed by atoms with Crippen molar-refractivity contribution in [2.24, 2.45) is 5.10 Å². The van der Waals surface area contributed by atoms with E-state index in [-0.39, 0.29) is 16.8 Å². The number of benzene rings is 3. The molecule has 0 amide bonds. The Labute approximate surface area is 193 Å². The van der Waals surface area contributed by atoms with Crippen LogP contribution < -0.4 is 4.74 Å². The summed E-state index contributed by atoms with van der Waals surface area (Å²) in [5, 5.41) is 18.7. The van der Waals surface area contributed by atoms with Gasteiger partial charge in [0.05, 0.1) is 27.4 Å². The Morgan fingerprint density at radius 3 is 2.30 bits per heavy atom. The van der Waals surface area contributed by atoms with Crippen LogP contribution in [0.4, 0.5) is 0 Å². The van der Waals surface area contributed by atoms with Crippen molar-refractivity contribution in [3.63, 3.8) is 0 Å². The molecule has 1 N–H and O–H groups in total. The van der Waals surface area contributed by atoms with Crippen molar-refractivity contribution in [3.8, 4) is 11.5 Å². The lowest BCUT2D eigenvalue weighted by atomic mass is 9.95. The molecule has 0 fully saturated rings. The fourth-order valence-corrected chi connectivity index (χ4v) is 4.96. The zero-order chi connectivity index (χ0) is 21.0. The molecule has 0 saturated heterocycles. The van der Waals surface area contributed by atoms with Crippen LogP contribution in [0.2, 0.25) is 20.1 Å². The number of rotatable bonds is 2. The van der Waals surface area contributed by atoms with Gasteiger partial charge in [-0.25, -0.2) is 5.01 Å².